The third-order valence-electron chi connectivity index (χ3n) is 5.81. The molecule has 0 unspecified atom stereocenters. The van der Waals surface area contributed by atoms with Gasteiger partial charge in [0.15, 0.2) is 0 Å². The van der Waals surface area contributed by atoms with Crippen molar-refractivity contribution < 1.29 is 19.7 Å². The summed E-state index contributed by atoms with van der Waals surface area (Å²) in [5.74, 6) is 0.577. The van der Waals surface area contributed by atoms with Gasteiger partial charge in [0.05, 0.1) is 29.0 Å². The van der Waals surface area contributed by atoms with Crippen LogP contribution in [0.1, 0.15) is 20.3 Å². The predicted octanol–water partition coefficient (Wildman–Crippen LogP) is 2.70. The van der Waals surface area contributed by atoms with Gasteiger partial charge in [-0.05, 0) is 49.6 Å². The molecule has 0 saturated carbocycles. The number of hydrogen-bond acceptors (Lipinski definition) is 5. The van der Waals surface area contributed by atoms with E-state index in [1.54, 1.807) is 19.5 Å². The second-order valence-electron chi connectivity index (χ2n) is 7.34. The average Bonchev–Trinajstić information content (AvgIpc) is 3.19. The van der Waals surface area contributed by atoms with Gasteiger partial charge >= 0.3 is 0 Å². The first-order chi connectivity index (χ1) is 14.0. The van der Waals surface area contributed by atoms with E-state index in [1.807, 2.05) is 42.5 Å². The highest BCUT2D eigenvalue weighted by Crippen LogP contribution is 2.34. The number of nitrogens with zero attached hydrogens (tertiary/aromatic N) is 4. The lowest BCUT2D eigenvalue weighted by Crippen LogP contribution is -2.45. The molecule has 4 rings (SSSR count). The molecule has 152 valence electrons. The second kappa shape index (κ2) is 7.50. The number of imidazole rings is 1. The van der Waals surface area contributed by atoms with E-state index < -0.39 is 0 Å². The molecule has 29 heavy (non-hydrogen) atoms. The molecule has 0 atom stereocenters. The molecule has 0 fully saturated rings. The topological polar surface area (TPSA) is 82.2 Å². The van der Waals surface area contributed by atoms with Gasteiger partial charge in [-0.15, -0.1) is 0 Å². The van der Waals surface area contributed by atoms with Crippen LogP contribution in [0, 0.1) is 0 Å². The van der Waals surface area contributed by atoms with Crippen LogP contribution >= 0.6 is 0 Å². The van der Waals surface area contributed by atoms with Crippen LogP contribution in [0.25, 0.3) is 27.3 Å². The summed E-state index contributed by atoms with van der Waals surface area (Å²) in [6.45, 7) is 6.48. The fourth-order valence-corrected chi connectivity index (χ4v) is 3.91. The maximum absolute atomic E-state index is 13.4. The van der Waals surface area contributed by atoms with Gasteiger partial charge in [-0.25, -0.2) is 10.2 Å². The number of aromatic nitrogens is 2. The van der Waals surface area contributed by atoms with Crippen LogP contribution in [-0.2, 0) is 0 Å². The molecule has 2 aromatic carbocycles. The molecule has 0 aliphatic rings. The molecule has 1 N–H and O–H groups in total. The van der Waals surface area contributed by atoms with Crippen LogP contribution < -0.4 is 15.2 Å². The molecular weight excluding hydrogens is 368 g/mol. The molecule has 4 aromatic rings. The van der Waals surface area contributed by atoms with Gasteiger partial charge in [-0.1, -0.05) is 5.75 Å². The quantitative estimate of drug-likeness (QED) is 0.226. The van der Waals surface area contributed by atoms with Crippen LogP contribution in [0.3, 0.4) is 0 Å². The number of benzene rings is 2. The molecule has 7 heteroatoms. The van der Waals surface area contributed by atoms with E-state index in [-0.39, 0.29) is 10.4 Å². The largest absolute Gasteiger partial charge is 0.871 e. The number of quaternary nitrogens is 1. The Bertz CT molecular complexity index is 1230. The van der Waals surface area contributed by atoms with Gasteiger partial charge in [0.1, 0.15) is 31.7 Å². The van der Waals surface area contributed by atoms with Gasteiger partial charge in [0, 0.05) is 18.4 Å². The molecule has 0 amide bonds. The van der Waals surface area contributed by atoms with E-state index in [0.717, 1.165) is 23.0 Å². The third-order valence-corrected chi connectivity index (χ3v) is 5.81. The van der Waals surface area contributed by atoms with Crippen molar-refractivity contribution in [3.05, 3.63) is 42.0 Å². The van der Waals surface area contributed by atoms with Crippen LogP contribution in [0.2, 0.25) is 0 Å². The minimum absolute atomic E-state index is 0.0419. The zero-order valence-corrected chi connectivity index (χ0v) is 17.1. The van der Waals surface area contributed by atoms with E-state index in [9.17, 15) is 10.3 Å². The Morgan fingerprint density at radius 1 is 1.21 bits per heavy atom. The number of ether oxygens (including phenoxy) is 1. The molecular formula is C22H26N4O3. The third kappa shape index (κ3) is 3.26. The Balaban J connectivity index is 1.83. The number of methoxy groups -OCH3 is 1. The van der Waals surface area contributed by atoms with Crippen molar-refractivity contribution in [3.63, 3.8) is 0 Å². The van der Waals surface area contributed by atoms with Gasteiger partial charge in [0.2, 0.25) is 0 Å². The first-order valence-corrected chi connectivity index (χ1v) is 10.0. The Morgan fingerprint density at radius 3 is 2.72 bits per heavy atom. The fourth-order valence-electron chi connectivity index (χ4n) is 3.91. The van der Waals surface area contributed by atoms with E-state index in [1.165, 1.54) is 0 Å². The van der Waals surface area contributed by atoms with Crippen LogP contribution in [0.5, 0.6) is 11.5 Å². The van der Waals surface area contributed by atoms with E-state index in [4.69, 9.17) is 9.73 Å². The monoisotopic (exact) mass is 394 g/mol. The van der Waals surface area contributed by atoms with E-state index in [0.29, 0.717) is 48.1 Å². The van der Waals surface area contributed by atoms with Crippen LogP contribution in [-0.4, -0.2) is 52.5 Å². The molecule has 0 aliphatic heterocycles. The molecule has 0 bridgehead atoms. The Labute approximate surface area is 169 Å². The van der Waals surface area contributed by atoms with Gasteiger partial charge in [-0.2, -0.15) is 4.65 Å². The zero-order valence-electron chi connectivity index (χ0n) is 17.1. The summed E-state index contributed by atoms with van der Waals surface area (Å²) in [6.07, 6.45) is 2.49. The summed E-state index contributed by atoms with van der Waals surface area (Å²) >= 11 is 0. The Morgan fingerprint density at radius 2 is 2.00 bits per heavy atom. The maximum Gasteiger partial charge on any atom is 0.119 e. The molecule has 0 spiro atoms. The first kappa shape index (κ1) is 19.4. The number of pyridine rings is 1. The zero-order chi connectivity index (χ0) is 20.6. The number of hydroxylamine groups is 3. The lowest BCUT2D eigenvalue weighted by atomic mass is 10.1. The summed E-state index contributed by atoms with van der Waals surface area (Å²) < 4.78 is 7.30. The molecule has 0 radical (unpaired) electrons. The number of rotatable bonds is 7. The SMILES string of the molecule is CC[N+](O)(CC)CCCN=c1ccc2ncn3c4ccc(OC)cc4c([O-])c1c23. The highest BCUT2D eigenvalue weighted by atomic mass is 16.5. The van der Waals surface area contributed by atoms with Crippen molar-refractivity contribution in [1.82, 2.24) is 9.38 Å². The summed E-state index contributed by atoms with van der Waals surface area (Å²) in [5, 5.41) is 25.6. The summed E-state index contributed by atoms with van der Waals surface area (Å²) in [5.41, 5.74) is 2.37. The Hall–Kier alpha value is -2.90. The number of hydrogen-bond donors (Lipinski definition) is 1. The van der Waals surface area contributed by atoms with Crippen molar-refractivity contribution in [2.45, 2.75) is 20.3 Å². The smallest absolute Gasteiger partial charge is 0.119 e. The fraction of sp³-hybridized carbons (Fsp3) is 0.364. The molecule has 7 nitrogen and oxygen atoms in total. The predicted molar refractivity (Wildman–Crippen MR) is 110 cm³/mol. The first-order valence-electron chi connectivity index (χ1n) is 10.0. The summed E-state index contributed by atoms with van der Waals surface area (Å²) in [7, 11) is 1.59. The van der Waals surface area contributed by atoms with Gasteiger partial charge in [0.25, 0.3) is 0 Å². The normalized spacial score (nSPS) is 13.2. The van der Waals surface area contributed by atoms with Crippen molar-refractivity contribution in [3.8, 4) is 11.5 Å². The van der Waals surface area contributed by atoms with E-state index in [2.05, 4.69) is 4.98 Å². The average molecular weight is 394 g/mol. The Kier molecular flexibility index (Phi) is 5.02. The van der Waals surface area contributed by atoms with Crippen LogP contribution in [0.15, 0.2) is 41.7 Å². The lowest BCUT2D eigenvalue weighted by molar-refractivity contribution is -1.10. The minimum atomic E-state index is -0.0642. The molecule has 2 aromatic heterocycles. The second-order valence-corrected chi connectivity index (χ2v) is 7.34. The highest BCUT2D eigenvalue weighted by molar-refractivity contribution is 6.06. The molecule has 0 saturated heterocycles. The molecule has 0 aliphatic carbocycles. The van der Waals surface area contributed by atoms with Crippen molar-refractivity contribution >= 4 is 27.3 Å². The van der Waals surface area contributed by atoms with Gasteiger partial charge < -0.3 is 9.84 Å². The summed E-state index contributed by atoms with van der Waals surface area (Å²) in [6, 6.07) is 9.26. The van der Waals surface area contributed by atoms with Crippen molar-refractivity contribution in [2.24, 2.45) is 4.99 Å². The van der Waals surface area contributed by atoms with Gasteiger partial charge in [-0.3, -0.25) is 9.39 Å². The van der Waals surface area contributed by atoms with Crippen molar-refractivity contribution in [1.29, 1.82) is 0 Å². The minimum Gasteiger partial charge on any atom is -0.871 e. The molecule has 2 heterocycles. The summed E-state index contributed by atoms with van der Waals surface area (Å²) in [4.78, 5) is 9.17. The van der Waals surface area contributed by atoms with E-state index >= 15 is 0 Å². The van der Waals surface area contributed by atoms with Crippen LogP contribution in [0.4, 0.5) is 0 Å². The lowest BCUT2D eigenvalue weighted by Gasteiger charge is -2.27. The highest BCUT2D eigenvalue weighted by Gasteiger charge is 2.19. The van der Waals surface area contributed by atoms with Crippen molar-refractivity contribution in [2.75, 3.05) is 33.3 Å². The maximum atomic E-state index is 13.4. The standard InChI is InChI=1S/C22H26N4O3/c1-4-26(28,5-2)12-6-11-23-17-8-9-18-21-20(17)22(27)16-13-15(29-3)7-10-19(16)25(21)14-24-18/h7-10,13-14,28H,4-6,11-12H2,1-3H3. The number of fused-ring (bicyclic) bond motifs is 2.